The number of nitrogens with zero attached hydrogens (tertiary/aromatic N) is 1. The van der Waals surface area contributed by atoms with E-state index in [2.05, 4.69) is 38.1 Å². The molecule has 4 unspecified atom stereocenters. The lowest BCUT2D eigenvalue weighted by Gasteiger charge is -2.35. The molecule has 0 radical (unpaired) electrons. The molecule has 2 saturated heterocycles. The van der Waals surface area contributed by atoms with Crippen molar-refractivity contribution >= 4 is 11.9 Å². The van der Waals surface area contributed by atoms with E-state index in [1.54, 1.807) is 6.20 Å². The van der Waals surface area contributed by atoms with Crippen LogP contribution in [0.15, 0.2) is 24.5 Å². The molecule has 4 rings (SSSR count). The van der Waals surface area contributed by atoms with Crippen LogP contribution in [0.4, 0.5) is 13.2 Å². The van der Waals surface area contributed by atoms with Crippen molar-refractivity contribution in [2.45, 2.75) is 43.8 Å². The number of carbonyl (C=O) groups excluding carboxylic acids is 1. The van der Waals surface area contributed by atoms with Gasteiger partial charge in [-0.25, -0.2) is 26.5 Å². The van der Waals surface area contributed by atoms with Crippen LogP contribution in [0.2, 0.25) is 0 Å². The number of halogens is 3. The molecule has 0 spiro atoms. The summed E-state index contributed by atoms with van der Waals surface area (Å²) in [7, 11) is 0. The third-order valence-corrected chi connectivity index (χ3v) is 4.75. The molecule has 2 aliphatic heterocycles. The lowest BCUT2D eigenvalue weighted by Crippen LogP contribution is -2.56. The van der Waals surface area contributed by atoms with Crippen LogP contribution >= 0.6 is 0 Å². The van der Waals surface area contributed by atoms with Gasteiger partial charge >= 0.3 is 12.1 Å². The maximum Gasteiger partial charge on any atom is 0.490 e. The van der Waals surface area contributed by atoms with Crippen LogP contribution < -0.4 is 27.0 Å². The molecular formula is C16H21F3N6O3. The Labute approximate surface area is 158 Å². The first-order valence-electron chi connectivity index (χ1n) is 8.78. The predicted molar refractivity (Wildman–Crippen MR) is 89.8 cm³/mol. The summed E-state index contributed by atoms with van der Waals surface area (Å²) in [6.45, 7) is 0. The molecule has 1 amide bonds. The second kappa shape index (κ2) is 8.39. The minimum absolute atomic E-state index is 0.0307. The third-order valence-electron chi connectivity index (χ3n) is 4.75. The van der Waals surface area contributed by atoms with Crippen LogP contribution in [0.25, 0.3) is 0 Å². The van der Waals surface area contributed by atoms with E-state index in [9.17, 15) is 18.0 Å². The normalized spacial score (nSPS) is 29.2. The Morgan fingerprint density at radius 3 is 2.43 bits per heavy atom. The maximum absolute atomic E-state index is 12.0. The highest BCUT2D eigenvalue weighted by Gasteiger charge is 2.43. The third kappa shape index (κ3) is 5.16. The zero-order chi connectivity index (χ0) is 20.3. The van der Waals surface area contributed by atoms with Gasteiger partial charge in [0.15, 0.2) is 0 Å². The average molecular weight is 402 g/mol. The second-order valence-corrected chi connectivity index (χ2v) is 6.86. The van der Waals surface area contributed by atoms with Crippen LogP contribution in [0.5, 0.6) is 0 Å². The number of carboxylic acids is 1. The van der Waals surface area contributed by atoms with Gasteiger partial charge in [-0.15, -0.1) is 0 Å². The van der Waals surface area contributed by atoms with Crippen molar-refractivity contribution in [1.82, 2.24) is 32.0 Å². The zero-order valence-corrected chi connectivity index (χ0v) is 14.7. The first kappa shape index (κ1) is 20.5. The van der Waals surface area contributed by atoms with Gasteiger partial charge in [0.2, 0.25) is 5.91 Å². The molecule has 9 nitrogen and oxygen atoms in total. The molecular weight excluding hydrogens is 381 g/mol. The van der Waals surface area contributed by atoms with Crippen LogP contribution in [-0.2, 0) is 9.59 Å². The zero-order valence-electron chi connectivity index (χ0n) is 14.7. The van der Waals surface area contributed by atoms with Crippen molar-refractivity contribution in [3.8, 4) is 0 Å². The molecule has 1 aromatic heterocycles. The summed E-state index contributed by atoms with van der Waals surface area (Å²) in [4.78, 5) is 25.0. The Morgan fingerprint density at radius 1 is 1.18 bits per heavy atom. The topological polar surface area (TPSA) is 127 Å². The van der Waals surface area contributed by atoms with Crippen LogP contribution in [0.3, 0.4) is 0 Å². The van der Waals surface area contributed by atoms with E-state index in [0.717, 1.165) is 24.8 Å². The summed E-state index contributed by atoms with van der Waals surface area (Å²) in [5.74, 6) is -2.06. The highest BCUT2D eigenvalue weighted by molar-refractivity contribution is 5.81. The van der Waals surface area contributed by atoms with Crippen LogP contribution in [0, 0.1) is 11.8 Å². The maximum atomic E-state index is 12.0. The van der Waals surface area contributed by atoms with Gasteiger partial charge in [0.1, 0.15) is 0 Å². The van der Waals surface area contributed by atoms with E-state index < -0.39 is 12.1 Å². The summed E-state index contributed by atoms with van der Waals surface area (Å²) in [6, 6.07) is 4.21. The van der Waals surface area contributed by atoms with Gasteiger partial charge in [0.25, 0.3) is 0 Å². The molecule has 12 heteroatoms. The number of pyridine rings is 1. The fourth-order valence-electron chi connectivity index (χ4n) is 3.08. The minimum atomic E-state index is -5.08. The molecule has 3 fully saturated rings. The van der Waals surface area contributed by atoms with Crippen molar-refractivity contribution in [3.63, 3.8) is 0 Å². The number of nitrogens with one attached hydrogen (secondary N) is 5. The van der Waals surface area contributed by atoms with E-state index in [4.69, 9.17) is 9.90 Å². The molecule has 4 atom stereocenters. The number of carbonyl (C=O) groups is 2. The van der Waals surface area contributed by atoms with Gasteiger partial charge in [0, 0.05) is 30.3 Å². The monoisotopic (exact) mass is 402 g/mol. The number of hydrazine groups is 2. The lowest BCUT2D eigenvalue weighted by molar-refractivity contribution is -0.192. The summed E-state index contributed by atoms with van der Waals surface area (Å²) >= 11 is 0. The molecule has 0 aromatic carbocycles. The number of aliphatic carboxylic acids is 1. The highest BCUT2D eigenvalue weighted by Crippen LogP contribution is 2.31. The highest BCUT2D eigenvalue weighted by atomic mass is 19.4. The fraction of sp³-hybridized carbons (Fsp3) is 0.562. The molecule has 1 saturated carbocycles. The van der Waals surface area contributed by atoms with Crippen molar-refractivity contribution < 1.29 is 27.9 Å². The molecule has 1 aromatic rings. The summed E-state index contributed by atoms with van der Waals surface area (Å²) in [5, 5.41) is 10.2. The van der Waals surface area contributed by atoms with Crippen molar-refractivity contribution in [2.75, 3.05) is 0 Å². The van der Waals surface area contributed by atoms with Crippen molar-refractivity contribution in [3.05, 3.63) is 30.1 Å². The van der Waals surface area contributed by atoms with Gasteiger partial charge in [0.05, 0.1) is 12.3 Å². The number of rotatable bonds is 3. The number of carboxylic acid groups (broad SMARTS) is 1. The SMILES string of the molecule is O=C(NC1NNC2NNC(c3cccnc3)CC21)C1CC1.O=C(O)C(F)(F)F. The first-order chi connectivity index (χ1) is 13.3. The Balaban J connectivity index is 0.000000279. The summed E-state index contributed by atoms with van der Waals surface area (Å²) < 4.78 is 31.7. The Kier molecular flexibility index (Phi) is 6.13. The molecule has 3 aliphatic rings. The van der Waals surface area contributed by atoms with Crippen LogP contribution in [-0.4, -0.2) is 40.5 Å². The van der Waals surface area contributed by atoms with E-state index >= 15 is 0 Å². The predicted octanol–water partition coefficient (Wildman–Crippen LogP) is 0.156. The molecule has 28 heavy (non-hydrogen) atoms. The Hall–Kier alpha value is -2.28. The number of hydrogen-bond acceptors (Lipinski definition) is 7. The van der Waals surface area contributed by atoms with E-state index in [1.807, 2.05) is 12.3 Å². The Bertz CT molecular complexity index is 701. The van der Waals surface area contributed by atoms with Crippen molar-refractivity contribution in [1.29, 1.82) is 0 Å². The fourth-order valence-corrected chi connectivity index (χ4v) is 3.08. The van der Waals surface area contributed by atoms with Crippen LogP contribution in [0.1, 0.15) is 30.9 Å². The molecule has 1 aliphatic carbocycles. The van der Waals surface area contributed by atoms with E-state index in [0.29, 0.717) is 5.92 Å². The average Bonchev–Trinajstić information content (AvgIpc) is 3.45. The molecule has 6 N–H and O–H groups in total. The molecule has 154 valence electrons. The number of alkyl halides is 3. The van der Waals surface area contributed by atoms with E-state index in [-0.39, 0.29) is 30.2 Å². The molecule has 0 bridgehead atoms. The minimum Gasteiger partial charge on any atom is -0.475 e. The van der Waals surface area contributed by atoms with Gasteiger partial charge < -0.3 is 10.4 Å². The molecule has 3 heterocycles. The smallest absolute Gasteiger partial charge is 0.475 e. The number of amides is 1. The summed E-state index contributed by atoms with van der Waals surface area (Å²) in [6.07, 6.45) is 1.64. The number of fused-ring (bicyclic) bond motifs is 1. The second-order valence-electron chi connectivity index (χ2n) is 6.86. The van der Waals surface area contributed by atoms with Gasteiger partial charge in [-0.05, 0) is 30.9 Å². The Morgan fingerprint density at radius 2 is 1.86 bits per heavy atom. The van der Waals surface area contributed by atoms with E-state index in [1.165, 1.54) is 0 Å². The van der Waals surface area contributed by atoms with Crippen molar-refractivity contribution in [2.24, 2.45) is 11.8 Å². The van der Waals surface area contributed by atoms with Gasteiger partial charge in [-0.3, -0.25) is 9.78 Å². The largest absolute Gasteiger partial charge is 0.490 e. The van der Waals surface area contributed by atoms with Gasteiger partial charge in [-0.2, -0.15) is 13.2 Å². The van der Waals surface area contributed by atoms with Gasteiger partial charge in [-0.1, -0.05) is 6.07 Å². The summed E-state index contributed by atoms with van der Waals surface area (Å²) in [5.41, 5.74) is 14.1. The first-order valence-corrected chi connectivity index (χ1v) is 8.78. The lowest BCUT2D eigenvalue weighted by atomic mass is 9.90. The standard InChI is InChI=1S/C14H20N6O.C2HF3O2/c21-14(8-3-4-8)16-12-10-6-11(9-2-1-5-15-7-9)17-19-13(10)20-18-12;3-2(4,5)1(6)7/h1-2,5,7-8,10-13,17-20H,3-4,6H2,(H,16,21);(H,6,7). The quantitative estimate of drug-likeness (QED) is 0.422. The number of aromatic nitrogens is 1. The number of hydrogen-bond donors (Lipinski definition) is 6.